The average Bonchev–Trinajstić information content (AvgIpc) is 2.33. The van der Waals surface area contributed by atoms with Gasteiger partial charge in [0.25, 0.3) is 0 Å². The van der Waals surface area contributed by atoms with E-state index in [0.29, 0.717) is 4.83 Å². The van der Waals surface area contributed by atoms with Crippen molar-refractivity contribution in [2.75, 3.05) is 0 Å². The lowest BCUT2D eigenvalue weighted by molar-refractivity contribution is -0.0430. The highest BCUT2D eigenvalue weighted by Gasteiger charge is 2.53. The van der Waals surface area contributed by atoms with Crippen LogP contribution in [0.15, 0.2) is 18.2 Å². The first-order valence-electron chi connectivity index (χ1n) is 6.29. The lowest BCUT2D eigenvalue weighted by Gasteiger charge is -2.52. The lowest BCUT2D eigenvalue weighted by Crippen LogP contribution is -2.56. The van der Waals surface area contributed by atoms with Crippen LogP contribution in [0.1, 0.15) is 33.1 Å². The van der Waals surface area contributed by atoms with Crippen LogP contribution in [0.5, 0.6) is 5.75 Å². The van der Waals surface area contributed by atoms with E-state index in [9.17, 15) is 8.78 Å². The van der Waals surface area contributed by atoms with Gasteiger partial charge in [-0.1, -0.05) is 29.8 Å². The molecule has 1 aromatic rings. The Balaban J connectivity index is 2.15. The second kappa shape index (κ2) is 5.16. The highest BCUT2D eigenvalue weighted by atomic mass is 79.9. The minimum atomic E-state index is -0.630. The van der Waals surface area contributed by atoms with E-state index in [2.05, 4.69) is 29.8 Å². The molecule has 0 bridgehead atoms. The van der Waals surface area contributed by atoms with Gasteiger partial charge in [0.15, 0.2) is 11.6 Å². The maximum Gasteiger partial charge on any atom is 0.167 e. The van der Waals surface area contributed by atoms with E-state index in [1.54, 1.807) is 0 Å². The van der Waals surface area contributed by atoms with Crippen molar-refractivity contribution in [1.82, 2.24) is 0 Å². The molecule has 0 amide bonds. The molecule has 0 N–H and O–H groups in total. The van der Waals surface area contributed by atoms with Crippen LogP contribution in [0.2, 0.25) is 0 Å². The molecule has 0 radical (unpaired) electrons. The van der Waals surface area contributed by atoms with E-state index in [1.807, 2.05) is 0 Å². The molecule has 2 atom stereocenters. The molecule has 4 heteroatoms. The van der Waals surface area contributed by atoms with Crippen molar-refractivity contribution in [2.24, 2.45) is 5.41 Å². The molecule has 100 valence electrons. The standard InChI is InChI=1S/C14H17BrF2O/c1-3-14(4-2)12(15)8-13(14)18-11-6-5-9(16)7-10(11)17/h5-7,12-13H,3-4,8H2,1-2H3. The molecule has 0 aromatic heterocycles. The molecule has 18 heavy (non-hydrogen) atoms. The summed E-state index contributed by atoms with van der Waals surface area (Å²) in [6.45, 7) is 4.24. The Bertz CT molecular complexity index is 432. The highest BCUT2D eigenvalue weighted by molar-refractivity contribution is 9.09. The molecule has 2 unspecified atom stereocenters. The van der Waals surface area contributed by atoms with Gasteiger partial charge in [-0.3, -0.25) is 0 Å². The topological polar surface area (TPSA) is 9.23 Å². The first kappa shape index (κ1) is 13.8. The van der Waals surface area contributed by atoms with Crippen molar-refractivity contribution >= 4 is 15.9 Å². The number of rotatable bonds is 4. The normalized spacial score (nSPS) is 25.6. The van der Waals surface area contributed by atoms with E-state index in [-0.39, 0.29) is 17.3 Å². The van der Waals surface area contributed by atoms with Crippen LogP contribution in [0.3, 0.4) is 0 Å². The third-order valence-electron chi connectivity index (χ3n) is 4.17. The Hall–Kier alpha value is -0.640. The third kappa shape index (κ3) is 2.15. The first-order valence-corrected chi connectivity index (χ1v) is 7.20. The molecule has 1 aromatic carbocycles. The summed E-state index contributed by atoms with van der Waals surface area (Å²) in [7, 11) is 0. The van der Waals surface area contributed by atoms with Crippen molar-refractivity contribution in [2.45, 2.75) is 44.0 Å². The van der Waals surface area contributed by atoms with Gasteiger partial charge < -0.3 is 4.74 Å². The predicted octanol–water partition coefficient (Wildman–Crippen LogP) is 4.69. The Morgan fingerprint density at radius 3 is 2.50 bits per heavy atom. The van der Waals surface area contributed by atoms with Gasteiger partial charge in [-0.2, -0.15) is 0 Å². The number of benzene rings is 1. The van der Waals surface area contributed by atoms with Gasteiger partial charge in [0, 0.05) is 16.3 Å². The first-order chi connectivity index (χ1) is 8.53. The van der Waals surface area contributed by atoms with E-state index >= 15 is 0 Å². The Morgan fingerprint density at radius 1 is 1.33 bits per heavy atom. The Morgan fingerprint density at radius 2 is 2.00 bits per heavy atom. The van der Waals surface area contributed by atoms with E-state index in [1.165, 1.54) is 12.1 Å². The molecular formula is C14H17BrF2O. The zero-order valence-electron chi connectivity index (χ0n) is 10.6. The Labute approximate surface area is 115 Å². The summed E-state index contributed by atoms with van der Waals surface area (Å²) >= 11 is 3.65. The molecule has 0 heterocycles. The summed E-state index contributed by atoms with van der Waals surface area (Å²) in [5, 5.41) is 0. The number of halogens is 3. The van der Waals surface area contributed by atoms with Gasteiger partial charge in [0.2, 0.25) is 0 Å². The molecule has 2 rings (SSSR count). The second-order valence-corrected chi connectivity index (χ2v) is 5.93. The summed E-state index contributed by atoms with van der Waals surface area (Å²) in [5.74, 6) is -1.06. The lowest BCUT2D eigenvalue weighted by atomic mass is 9.62. The zero-order valence-corrected chi connectivity index (χ0v) is 12.1. The summed E-state index contributed by atoms with van der Waals surface area (Å²) in [4.78, 5) is 0.411. The van der Waals surface area contributed by atoms with E-state index < -0.39 is 11.6 Å². The molecule has 0 spiro atoms. The predicted molar refractivity (Wildman–Crippen MR) is 71.1 cm³/mol. The number of ether oxygens (including phenoxy) is 1. The van der Waals surface area contributed by atoms with Crippen LogP contribution in [-0.4, -0.2) is 10.9 Å². The Kier molecular flexibility index (Phi) is 3.95. The highest BCUT2D eigenvalue weighted by Crippen LogP contribution is 2.52. The maximum atomic E-state index is 13.6. The van der Waals surface area contributed by atoms with Crippen molar-refractivity contribution in [1.29, 1.82) is 0 Å². The van der Waals surface area contributed by atoms with Gasteiger partial charge in [0.05, 0.1) is 0 Å². The third-order valence-corrected chi connectivity index (χ3v) is 5.45. The monoisotopic (exact) mass is 318 g/mol. The fourth-order valence-corrected chi connectivity index (χ4v) is 4.02. The minimum Gasteiger partial charge on any atom is -0.487 e. The fraction of sp³-hybridized carbons (Fsp3) is 0.571. The van der Waals surface area contributed by atoms with Gasteiger partial charge in [-0.15, -0.1) is 0 Å². The van der Waals surface area contributed by atoms with Gasteiger partial charge in [-0.25, -0.2) is 8.78 Å². The van der Waals surface area contributed by atoms with Crippen LogP contribution >= 0.6 is 15.9 Å². The quantitative estimate of drug-likeness (QED) is 0.732. The molecular weight excluding hydrogens is 302 g/mol. The summed E-state index contributed by atoms with van der Waals surface area (Å²) in [5.41, 5.74) is 0.0564. The van der Waals surface area contributed by atoms with Crippen LogP contribution in [0.25, 0.3) is 0 Å². The van der Waals surface area contributed by atoms with Crippen LogP contribution in [0, 0.1) is 17.0 Å². The summed E-state index contributed by atoms with van der Waals surface area (Å²) in [6, 6.07) is 3.45. The largest absolute Gasteiger partial charge is 0.487 e. The molecule has 1 aliphatic rings. The van der Waals surface area contributed by atoms with Gasteiger partial charge >= 0.3 is 0 Å². The smallest absolute Gasteiger partial charge is 0.167 e. The van der Waals surface area contributed by atoms with Crippen molar-refractivity contribution < 1.29 is 13.5 Å². The van der Waals surface area contributed by atoms with Gasteiger partial charge in [-0.05, 0) is 31.4 Å². The molecule has 1 saturated carbocycles. The van der Waals surface area contributed by atoms with Crippen LogP contribution < -0.4 is 4.74 Å². The minimum absolute atomic E-state index is 0.00293. The SMILES string of the molecule is CCC1(CC)C(Br)CC1Oc1ccc(F)cc1F. The summed E-state index contributed by atoms with van der Waals surface area (Å²) in [6.07, 6.45) is 2.81. The second-order valence-electron chi connectivity index (χ2n) is 4.82. The zero-order chi connectivity index (χ0) is 13.3. The van der Waals surface area contributed by atoms with Gasteiger partial charge in [0.1, 0.15) is 11.9 Å². The molecule has 1 nitrogen and oxygen atoms in total. The molecule has 1 aliphatic carbocycles. The number of hydrogen-bond acceptors (Lipinski definition) is 1. The van der Waals surface area contributed by atoms with Crippen LogP contribution in [-0.2, 0) is 0 Å². The summed E-state index contributed by atoms with van der Waals surface area (Å²) < 4.78 is 32.1. The fourth-order valence-electron chi connectivity index (χ4n) is 2.74. The van der Waals surface area contributed by atoms with Crippen LogP contribution in [0.4, 0.5) is 8.78 Å². The van der Waals surface area contributed by atoms with Crippen molar-refractivity contribution in [3.63, 3.8) is 0 Å². The number of hydrogen-bond donors (Lipinski definition) is 0. The van der Waals surface area contributed by atoms with Crippen molar-refractivity contribution in [3.05, 3.63) is 29.8 Å². The van der Waals surface area contributed by atoms with E-state index in [0.717, 1.165) is 25.3 Å². The molecule has 0 aliphatic heterocycles. The average molecular weight is 319 g/mol. The maximum absolute atomic E-state index is 13.6. The number of alkyl halides is 1. The van der Waals surface area contributed by atoms with Crippen molar-refractivity contribution in [3.8, 4) is 5.75 Å². The molecule has 1 fully saturated rings. The molecule has 0 saturated heterocycles. The van der Waals surface area contributed by atoms with E-state index in [4.69, 9.17) is 4.74 Å².